The summed E-state index contributed by atoms with van der Waals surface area (Å²) in [4.78, 5) is 38.4. The fourth-order valence-electron chi connectivity index (χ4n) is 9.23. The van der Waals surface area contributed by atoms with E-state index in [9.17, 15) is 53.3 Å². The number of thiophene rings is 2. The van der Waals surface area contributed by atoms with Gasteiger partial charge in [0.1, 0.15) is 43.5 Å². The van der Waals surface area contributed by atoms with Crippen LogP contribution in [0.2, 0.25) is 0 Å². The van der Waals surface area contributed by atoms with Gasteiger partial charge in [0.15, 0.2) is 5.54 Å². The molecule has 5 aromatic rings. The molecule has 0 radical (unpaired) electrons. The summed E-state index contributed by atoms with van der Waals surface area (Å²) in [5.74, 6) is -4.81. The van der Waals surface area contributed by atoms with Crippen LogP contribution >= 0.6 is 34.4 Å². The number of amides is 3. The summed E-state index contributed by atoms with van der Waals surface area (Å²) in [6.07, 6.45) is 3.84. The lowest BCUT2D eigenvalue weighted by molar-refractivity contribution is -0.136. The largest absolute Gasteiger partial charge is 0.456 e. The smallest absolute Gasteiger partial charge is 0.304 e. The summed E-state index contributed by atoms with van der Waals surface area (Å²) in [5.41, 5.74) is -1.05. The fraction of sp³-hybridized carbons (Fsp3) is 0.304. The number of carbonyl (C=O) groups is 3. The molecule has 0 saturated carbocycles. The highest BCUT2D eigenvalue weighted by Gasteiger charge is 2.44. The quantitative estimate of drug-likeness (QED) is 0.0347. The summed E-state index contributed by atoms with van der Waals surface area (Å²) in [6, 6.07) is 9.31. The van der Waals surface area contributed by atoms with Crippen LogP contribution in [0.15, 0.2) is 72.8 Å². The number of ether oxygens (including phenoxy) is 1. The van der Waals surface area contributed by atoms with Crippen molar-refractivity contribution in [3.8, 4) is 32.4 Å². The second kappa shape index (κ2) is 17.4. The molecule has 0 atom stereocenters. The number of unbranched alkanes of at least 4 members (excludes halogenated alkanes) is 2. The van der Waals surface area contributed by atoms with Gasteiger partial charge in [-0.15, -0.1) is 34.4 Å². The van der Waals surface area contributed by atoms with E-state index in [1.165, 1.54) is 36.4 Å². The highest BCUT2D eigenvalue weighted by Crippen LogP contribution is 2.55. The second-order valence-corrected chi connectivity index (χ2v) is 26.0. The first-order valence-electron chi connectivity index (χ1n) is 21.6. The highest BCUT2D eigenvalue weighted by atomic mass is 32.3. The molecule has 0 spiro atoms. The van der Waals surface area contributed by atoms with Crippen molar-refractivity contribution in [3.63, 3.8) is 0 Å². The van der Waals surface area contributed by atoms with Gasteiger partial charge in [0.2, 0.25) is 11.3 Å². The van der Waals surface area contributed by atoms with Crippen molar-refractivity contribution in [1.82, 2.24) is 14.8 Å². The van der Waals surface area contributed by atoms with Gasteiger partial charge in [0, 0.05) is 101 Å². The van der Waals surface area contributed by atoms with Gasteiger partial charge in [-0.2, -0.15) is 25.3 Å². The van der Waals surface area contributed by atoms with Gasteiger partial charge in [-0.25, -0.2) is 13.4 Å². The number of fused-ring (bicyclic) bond motifs is 8. The third kappa shape index (κ3) is 8.60. The van der Waals surface area contributed by atoms with Gasteiger partial charge in [-0.3, -0.25) is 32.9 Å². The minimum absolute atomic E-state index is 0.000815. The minimum atomic E-state index is -5.64. The monoisotopic (exact) mass is 1090 g/mol. The summed E-state index contributed by atoms with van der Waals surface area (Å²) >= 11 is 2.04. The Hall–Kier alpha value is -5.38. The van der Waals surface area contributed by atoms with Crippen LogP contribution in [0, 0.1) is 11.6 Å². The molecule has 6 heterocycles. The number of benzene rings is 3. The van der Waals surface area contributed by atoms with E-state index in [2.05, 4.69) is 5.32 Å². The zero-order valence-electron chi connectivity index (χ0n) is 38.4. The van der Waals surface area contributed by atoms with E-state index in [-0.39, 0.29) is 49.4 Å². The van der Waals surface area contributed by atoms with Crippen LogP contribution in [0.5, 0.6) is 11.5 Å². The van der Waals surface area contributed by atoms with E-state index in [0.717, 1.165) is 27.6 Å². The number of carbonyl (C=O) groups excluding carboxylic acids is 3. The number of nitrogens with zero attached hydrogens (tertiary/aromatic N) is 3. The van der Waals surface area contributed by atoms with Crippen LogP contribution in [0.4, 0.5) is 14.5 Å². The number of nitrogens with one attached hydrogen (secondary N) is 1. The first kappa shape index (κ1) is 50.6. The van der Waals surface area contributed by atoms with Crippen molar-refractivity contribution in [1.29, 1.82) is 0 Å². The Morgan fingerprint density at radius 3 is 2.03 bits per heavy atom. The molecule has 4 N–H and O–H groups in total. The first-order chi connectivity index (χ1) is 33.0. The second-order valence-electron chi connectivity index (χ2n) is 18.2. The molecular formula is C46H43F2N4O13S6+. The maximum atomic E-state index is 17.8. The molecule has 2 aromatic heterocycles. The zero-order valence-corrected chi connectivity index (χ0v) is 43.3. The average Bonchev–Trinajstić information content (AvgIpc) is 4.03. The van der Waals surface area contributed by atoms with Gasteiger partial charge in [-0.1, -0.05) is 0 Å². The van der Waals surface area contributed by atoms with Crippen LogP contribution in [0.25, 0.3) is 26.5 Å². The van der Waals surface area contributed by atoms with Crippen LogP contribution in [0.1, 0.15) is 69.2 Å². The minimum Gasteiger partial charge on any atom is -0.456 e. The average molecular weight is 1090 g/mol. The maximum absolute atomic E-state index is 17.8. The van der Waals surface area contributed by atoms with E-state index in [0.29, 0.717) is 80.1 Å². The van der Waals surface area contributed by atoms with E-state index < -0.39 is 91.9 Å². The summed E-state index contributed by atoms with van der Waals surface area (Å²) in [5, 5.41) is 3.10. The molecule has 374 valence electrons. The number of imide groups is 1. The topological polar surface area (TPSA) is 245 Å². The van der Waals surface area contributed by atoms with Crippen molar-refractivity contribution in [3.05, 3.63) is 99.1 Å². The Labute approximate surface area is 418 Å². The lowest BCUT2D eigenvalue weighted by Crippen LogP contribution is -2.46. The van der Waals surface area contributed by atoms with E-state index in [4.69, 9.17) is 4.74 Å². The summed E-state index contributed by atoms with van der Waals surface area (Å²) in [6.45, 7) is 7.65. The lowest BCUT2D eigenvalue weighted by atomic mass is 9.83. The lowest BCUT2D eigenvalue weighted by Gasteiger charge is -2.43. The van der Waals surface area contributed by atoms with E-state index >= 15 is 8.78 Å². The van der Waals surface area contributed by atoms with Gasteiger partial charge in [0.05, 0.1) is 27.8 Å². The number of anilines is 1. The number of rotatable bonds is 13. The predicted octanol–water partition coefficient (Wildman–Crippen LogP) is 5.87. The summed E-state index contributed by atoms with van der Waals surface area (Å²) in [7, 11) is -11.6. The number of hydrogen-bond donors (Lipinski definition) is 4. The molecule has 4 aliphatic rings. The number of hydrogen-bond acceptors (Lipinski definition) is 14. The maximum Gasteiger partial charge on any atom is 0.304 e. The van der Waals surface area contributed by atoms with E-state index in [1.54, 1.807) is 26.2 Å². The number of thioether (sulfide) groups is 1. The van der Waals surface area contributed by atoms with Crippen molar-refractivity contribution >= 4 is 93.8 Å². The number of halogens is 2. The highest BCUT2D eigenvalue weighted by molar-refractivity contribution is 8.00. The van der Waals surface area contributed by atoms with Crippen molar-refractivity contribution in [2.24, 2.45) is 0 Å². The Bertz CT molecular complexity index is 3730. The van der Waals surface area contributed by atoms with Crippen LogP contribution in [0.3, 0.4) is 0 Å². The van der Waals surface area contributed by atoms with Crippen LogP contribution < -0.4 is 30.1 Å². The fourth-order valence-corrected chi connectivity index (χ4v) is 14.8. The van der Waals surface area contributed by atoms with Gasteiger partial charge in [-0.05, 0) is 69.0 Å². The molecular weight excluding hydrogens is 1050 g/mol. The Kier molecular flexibility index (Phi) is 12.4. The molecule has 71 heavy (non-hydrogen) atoms. The molecule has 0 unspecified atom stereocenters. The summed E-state index contributed by atoms with van der Waals surface area (Å²) < 4.78 is 150. The first-order valence-corrected chi connectivity index (χ1v) is 28.5. The van der Waals surface area contributed by atoms with Gasteiger partial charge in [0.25, 0.3) is 21.9 Å². The Morgan fingerprint density at radius 1 is 0.789 bits per heavy atom. The van der Waals surface area contributed by atoms with Gasteiger partial charge < -0.3 is 15.0 Å². The molecule has 0 aliphatic carbocycles. The van der Waals surface area contributed by atoms with Crippen LogP contribution in [-0.2, 0) is 55.8 Å². The molecule has 4 aliphatic heterocycles. The van der Waals surface area contributed by atoms with Gasteiger partial charge >= 0.3 is 20.2 Å². The van der Waals surface area contributed by atoms with Crippen LogP contribution in [-0.4, -0.2) is 94.5 Å². The van der Waals surface area contributed by atoms with Crippen molar-refractivity contribution in [2.75, 3.05) is 37.8 Å². The zero-order chi connectivity index (χ0) is 51.7. The normalized spacial score (nSPS) is 16.5. The van der Waals surface area contributed by atoms with Crippen molar-refractivity contribution in [2.45, 2.75) is 76.2 Å². The SMILES string of the molecule is CN1c2cc3c(cc2-c2sc(S(=O)(=O)O)cc2C1(C)C)C(c1c(F)c(SCC(=O)NCCCCCN2C(=O)C=CC2=O)cc(F)c1S(=O)(=O)O)=c1cc2c(cc1O3)=[N+](C)C(C)(C)c1cc(S(=O)(=O)O)sc1-2. The molecule has 0 bridgehead atoms. The molecule has 3 aromatic carbocycles. The standard InChI is InChI=1S/C46H42F2N4O13S6/c1-45(2)26-16-37(69(56,57)58)67-42(26)22-14-24-31(19-29(22)50(45)5)65-32-20-30-23(43-27(46(3,4)51(30)6)17-38(68-43)70(59,60)61)15-25(32)39(24)40-41(48)33(18-28(47)44(40)71(62,63)64)66-21-34(53)49-12-8-7-9-13-52-35(54)10-11-36(52)55/h10-11,14-20H,7-9,12-13,21H2,1-6H3,(H3-,49,53,56,57,58,59,60,61,62,63,64)/p+1. The molecule has 3 amide bonds. The molecule has 9 rings (SSSR count). The third-order valence-electron chi connectivity index (χ3n) is 13.4. The molecule has 25 heteroatoms. The predicted molar refractivity (Wildman–Crippen MR) is 261 cm³/mol. The third-order valence-corrected chi connectivity index (χ3v) is 20.2. The molecule has 0 fully saturated rings. The molecule has 17 nitrogen and oxygen atoms in total. The Morgan fingerprint density at radius 2 is 1.41 bits per heavy atom. The van der Waals surface area contributed by atoms with Crippen molar-refractivity contribution < 1.29 is 66.8 Å². The Balaban J connectivity index is 1.23. The van der Waals surface area contributed by atoms with E-state index in [1.807, 2.05) is 37.2 Å². The molecule has 0 saturated heterocycles.